The first kappa shape index (κ1) is 24.8. The SMILES string of the molecule is C=CCOc1ccc(Nc2cnc(OCCOCCOc3cccc4c3CN(C(=O)O)C4)nc2)cc1. The van der Waals surface area contributed by atoms with Gasteiger partial charge in [0.25, 0.3) is 0 Å². The van der Waals surface area contributed by atoms with Crippen LogP contribution in [0.4, 0.5) is 16.2 Å². The summed E-state index contributed by atoms with van der Waals surface area (Å²) in [5.74, 6) is 1.46. The molecular formula is C26H28N4O6. The molecule has 2 heterocycles. The van der Waals surface area contributed by atoms with E-state index in [9.17, 15) is 9.90 Å². The maximum atomic E-state index is 11.2. The Balaban J connectivity index is 1.12. The minimum absolute atomic E-state index is 0.261. The zero-order valence-electron chi connectivity index (χ0n) is 19.8. The van der Waals surface area contributed by atoms with Gasteiger partial charge in [0.1, 0.15) is 31.3 Å². The Morgan fingerprint density at radius 2 is 1.72 bits per heavy atom. The molecule has 0 aliphatic carbocycles. The highest BCUT2D eigenvalue weighted by Gasteiger charge is 2.25. The van der Waals surface area contributed by atoms with Crippen LogP contribution < -0.4 is 19.5 Å². The van der Waals surface area contributed by atoms with Crippen LogP contribution >= 0.6 is 0 Å². The van der Waals surface area contributed by atoms with E-state index in [1.54, 1.807) is 18.5 Å². The molecule has 2 N–H and O–H groups in total. The zero-order valence-corrected chi connectivity index (χ0v) is 19.8. The molecule has 0 spiro atoms. The molecule has 0 saturated carbocycles. The Labute approximate surface area is 209 Å². The number of ether oxygens (including phenoxy) is 4. The summed E-state index contributed by atoms with van der Waals surface area (Å²) in [5, 5.41) is 12.4. The smallest absolute Gasteiger partial charge is 0.407 e. The maximum Gasteiger partial charge on any atom is 0.407 e. The quantitative estimate of drug-likeness (QED) is 0.267. The number of nitrogens with zero attached hydrogens (tertiary/aromatic N) is 3. The molecule has 0 bridgehead atoms. The molecule has 10 nitrogen and oxygen atoms in total. The number of rotatable bonds is 13. The van der Waals surface area contributed by atoms with Gasteiger partial charge in [-0.25, -0.2) is 14.8 Å². The number of carboxylic acid groups (broad SMARTS) is 1. The summed E-state index contributed by atoms with van der Waals surface area (Å²) in [6, 6.07) is 13.4. The van der Waals surface area contributed by atoms with Gasteiger partial charge < -0.3 is 29.4 Å². The number of anilines is 2. The summed E-state index contributed by atoms with van der Waals surface area (Å²) in [4.78, 5) is 21.0. The summed E-state index contributed by atoms with van der Waals surface area (Å²) in [5.41, 5.74) is 3.49. The number of hydrogen-bond acceptors (Lipinski definition) is 8. The fourth-order valence-corrected chi connectivity index (χ4v) is 3.58. The largest absolute Gasteiger partial charge is 0.491 e. The van der Waals surface area contributed by atoms with Gasteiger partial charge in [-0.1, -0.05) is 24.8 Å². The molecule has 0 atom stereocenters. The third-order valence-electron chi connectivity index (χ3n) is 5.29. The van der Waals surface area contributed by atoms with E-state index in [0.717, 1.165) is 28.3 Å². The number of aromatic nitrogens is 2. The number of carbonyl (C=O) groups is 1. The standard InChI is InChI=1S/C26H28N4O6/c1-2-10-34-22-8-6-20(7-9-22)29-21-15-27-25(28-16-21)36-14-12-33-11-13-35-24-5-3-4-19-17-30(26(31)32)18-23(19)24/h2-9,15-16,29H,1,10-14,17-18H2,(H,31,32). The lowest BCUT2D eigenvalue weighted by Crippen LogP contribution is -2.22. The minimum Gasteiger partial charge on any atom is -0.491 e. The molecule has 10 heteroatoms. The van der Waals surface area contributed by atoms with Gasteiger partial charge in [0, 0.05) is 17.8 Å². The second kappa shape index (κ2) is 12.4. The second-order valence-corrected chi connectivity index (χ2v) is 7.85. The van der Waals surface area contributed by atoms with Crippen molar-refractivity contribution in [1.29, 1.82) is 0 Å². The van der Waals surface area contributed by atoms with Gasteiger partial charge in [-0.2, -0.15) is 0 Å². The first-order valence-corrected chi connectivity index (χ1v) is 11.5. The van der Waals surface area contributed by atoms with Gasteiger partial charge in [0.2, 0.25) is 0 Å². The molecule has 0 radical (unpaired) electrons. The van der Waals surface area contributed by atoms with E-state index in [0.29, 0.717) is 51.9 Å². The number of benzene rings is 2. The van der Waals surface area contributed by atoms with E-state index >= 15 is 0 Å². The number of amides is 1. The van der Waals surface area contributed by atoms with Gasteiger partial charge in [0.05, 0.1) is 37.8 Å². The van der Waals surface area contributed by atoms with Crippen molar-refractivity contribution in [2.75, 3.05) is 38.4 Å². The number of hydrogen-bond donors (Lipinski definition) is 2. The molecule has 0 saturated heterocycles. The van der Waals surface area contributed by atoms with Crippen LogP contribution in [0.15, 0.2) is 67.5 Å². The molecule has 1 aliphatic heterocycles. The second-order valence-electron chi connectivity index (χ2n) is 7.85. The molecule has 0 unspecified atom stereocenters. The molecule has 3 aromatic rings. The third-order valence-corrected chi connectivity index (χ3v) is 5.29. The lowest BCUT2D eigenvalue weighted by Gasteiger charge is -2.12. The fraction of sp³-hybridized carbons (Fsp3) is 0.269. The van der Waals surface area contributed by atoms with Gasteiger partial charge in [-0.3, -0.25) is 4.90 Å². The van der Waals surface area contributed by atoms with Crippen molar-refractivity contribution in [2.24, 2.45) is 0 Å². The third kappa shape index (κ3) is 6.86. The molecule has 36 heavy (non-hydrogen) atoms. The minimum atomic E-state index is -0.935. The summed E-state index contributed by atoms with van der Waals surface area (Å²) in [6.45, 7) is 6.18. The van der Waals surface area contributed by atoms with E-state index in [-0.39, 0.29) is 6.01 Å². The topological polar surface area (TPSA) is 115 Å². The van der Waals surface area contributed by atoms with Crippen LogP contribution in [-0.2, 0) is 17.8 Å². The Kier molecular flexibility index (Phi) is 8.55. The molecule has 1 aliphatic rings. The number of nitrogens with one attached hydrogen (secondary N) is 1. The first-order valence-electron chi connectivity index (χ1n) is 11.5. The van der Waals surface area contributed by atoms with Crippen LogP contribution in [0.25, 0.3) is 0 Å². The van der Waals surface area contributed by atoms with Crippen molar-refractivity contribution in [1.82, 2.24) is 14.9 Å². The monoisotopic (exact) mass is 492 g/mol. The van der Waals surface area contributed by atoms with Crippen molar-refractivity contribution in [3.05, 3.63) is 78.6 Å². The van der Waals surface area contributed by atoms with E-state index in [1.165, 1.54) is 4.90 Å². The summed E-state index contributed by atoms with van der Waals surface area (Å²) in [6.07, 6.45) is 4.05. The summed E-state index contributed by atoms with van der Waals surface area (Å²) in [7, 11) is 0. The highest BCUT2D eigenvalue weighted by Crippen LogP contribution is 2.30. The highest BCUT2D eigenvalue weighted by atomic mass is 16.5. The van der Waals surface area contributed by atoms with Gasteiger partial charge in [-0.15, -0.1) is 0 Å². The van der Waals surface area contributed by atoms with Crippen LogP contribution in [0.2, 0.25) is 0 Å². The van der Waals surface area contributed by atoms with Crippen LogP contribution in [0.1, 0.15) is 11.1 Å². The molecule has 2 aromatic carbocycles. The lowest BCUT2D eigenvalue weighted by molar-refractivity contribution is 0.0737. The molecule has 1 aromatic heterocycles. The predicted octanol–water partition coefficient (Wildman–Crippen LogP) is 4.25. The molecule has 1 amide bonds. The Hall–Kier alpha value is -4.31. The average molecular weight is 493 g/mol. The van der Waals surface area contributed by atoms with Gasteiger partial charge in [0.15, 0.2) is 0 Å². The normalized spacial score (nSPS) is 12.1. The Morgan fingerprint density at radius 3 is 2.44 bits per heavy atom. The Morgan fingerprint density at radius 1 is 0.972 bits per heavy atom. The number of fused-ring (bicyclic) bond motifs is 1. The van der Waals surface area contributed by atoms with Crippen molar-refractivity contribution in [3.63, 3.8) is 0 Å². The van der Waals surface area contributed by atoms with Crippen molar-refractivity contribution < 1.29 is 28.8 Å². The van der Waals surface area contributed by atoms with Crippen molar-refractivity contribution >= 4 is 17.5 Å². The molecular weight excluding hydrogens is 464 g/mol. The van der Waals surface area contributed by atoms with E-state index in [4.69, 9.17) is 18.9 Å². The van der Waals surface area contributed by atoms with Crippen molar-refractivity contribution in [2.45, 2.75) is 13.1 Å². The van der Waals surface area contributed by atoms with E-state index < -0.39 is 6.09 Å². The average Bonchev–Trinajstić information content (AvgIpc) is 3.34. The van der Waals surface area contributed by atoms with Gasteiger partial charge >= 0.3 is 12.1 Å². The van der Waals surface area contributed by atoms with Crippen molar-refractivity contribution in [3.8, 4) is 17.5 Å². The Bertz CT molecular complexity index is 1150. The summed E-state index contributed by atoms with van der Waals surface area (Å²) < 4.78 is 22.3. The highest BCUT2D eigenvalue weighted by molar-refractivity contribution is 5.67. The van der Waals surface area contributed by atoms with E-state index in [2.05, 4.69) is 21.9 Å². The lowest BCUT2D eigenvalue weighted by atomic mass is 10.1. The molecule has 0 fully saturated rings. The van der Waals surface area contributed by atoms with Crippen LogP contribution in [-0.4, -0.2) is 59.1 Å². The first-order chi connectivity index (χ1) is 17.6. The maximum absolute atomic E-state index is 11.2. The predicted molar refractivity (Wildman–Crippen MR) is 133 cm³/mol. The van der Waals surface area contributed by atoms with Crippen LogP contribution in [0, 0.1) is 0 Å². The van der Waals surface area contributed by atoms with Crippen LogP contribution in [0.3, 0.4) is 0 Å². The van der Waals surface area contributed by atoms with E-state index in [1.807, 2.05) is 42.5 Å². The van der Waals surface area contributed by atoms with Gasteiger partial charge in [-0.05, 0) is 35.9 Å². The molecule has 4 rings (SSSR count). The van der Waals surface area contributed by atoms with Crippen LogP contribution in [0.5, 0.6) is 17.5 Å². The zero-order chi connectivity index (χ0) is 25.2. The molecule has 188 valence electrons. The fourth-order valence-electron chi connectivity index (χ4n) is 3.58. The summed E-state index contributed by atoms with van der Waals surface area (Å²) >= 11 is 0.